The van der Waals surface area contributed by atoms with Crippen molar-refractivity contribution in [2.75, 3.05) is 0 Å². The van der Waals surface area contributed by atoms with Crippen molar-refractivity contribution in [1.29, 1.82) is 0 Å². The fraction of sp³-hybridized carbons (Fsp3) is 0.556. The molecule has 1 aromatic carbocycles. The summed E-state index contributed by atoms with van der Waals surface area (Å²) in [6.07, 6.45) is 6.95. The van der Waals surface area contributed by atoms with Crippen LogP contribution in [0, 0.1) is 17.3 Å². The molecule has 0 heterocycles. The first-order chi connectivity index (χ1) is 9.59. The first-order valence-electron chi connectivity index (χ1n) is 7.77. The Morgan fingerprint density at radius 2 is 2.15 bits per heavy atom. The van der Waals surface area contributed by atoms with Gasteiger partial charge < -0.3 is 5.11 Å². The predicted octanol–water partition coefficient (Wildman–Crippen LogP) is 4.71. The molecule has 0 amide bonds. The van der Waals surface area contributed by atoms with E-state index < -0.39 is 0 Å². The number of hydrogen-bond acceptors (Lipinski definition) is 1. The van der Waals surface area contributed by atoms with Crippen LogP contribution < -0.4 is 0 Å². The van der Waals surface area contributed by atoms with Crippen LogP contribution in [0.2, 0.25) is 0 Å². The third-order valence-corrected chi connectivity index (χ3v) is 6.20. The standard InChI is InChI=1S/C18H21FO/c1-18-9-8-14-13-5-3-12(20)10-11(13)2-4-15(14)16(18)6-7-17(18)19/h3,5,7,10,14-16,20H,2,4,6,8-9H2,1H3. The molecule has 0 bridgehead atoms. The molecule has 3 aliphatic rings. The molecule has 0 aliphatic heterocycles. The zero-order valence-electron chi connectivity index (χ0n) is 11.9. The summed E-state index contributed by atoms with van der Waals surface area (Å²) in [6.45, 7) is 2.12. The van der Waals surface area contributed by atoms with Crippen LogP contribution in [0.1, 0.15) is 49.7 Å². The first-order valence-corrected chi connectivity index (χ1v) is 7.77. The molecule has 2 heteroatoms. The molecule has 106 valence electrons. The lowest BCUT2D eigenvalue weighted by atomic mass is 9.55. The zero-order chi connectivity index (χ0) is 13.9. The number of benzene rings is 1. The van der Waals surface area contributed by atoms with Gasteiger partial charge in [-0.25, -0.2) is 4.39 Å². The molecule has 0 saturated heterocycles. The molecule has 1 fully saturated rings. The minimum absolute atomic E-state index is 0.137. The van der Waals surface area contributed by atoms with Crippen LogP contribution >= 0.6 is 0 Å². The van der Waals surface area contributed by atoms with E-state index in [1.165, 1.54) is 11.1 Å². The van der Waals surface area contributed by atoms with Crippen molar-refractivity contribution < 1.29 is 9.50 Å². The molecule has 4 rings (SSSR count). The van der Waals surface area contributed by atoms with E-state index in [1.807, 2.05) is 18.2 Å². The van der Waals surface area contributed by atoms with E-state index >= 15 is 0 Å². The highest BCUT2D eigenvalue weighted by Gasteiger charge is 2.52. The average molecular weight is 272 g/mol. The van der Waals surface area contributed by atoms with E-state index in [4.69, 9.17) is 0 Å². The Morgan fingerprint density at radius 1 is 1.30 bits per heavy atom. The molecule has 0 aromatic heterocycles. The van der Waals surface area contributed by atoms with E-state index in [9.17, 15) is 9.50 Å². The summed E-state index contributed by atoms with van der Waals surface area (Å²) in [6, 6.07) is 5.83. The number of fused-ring (bicyclic) bond motifs is 5. The third-order valence-electron chi connectivity index (χ3n) is 6.20. The number of halogens is 1. The quantitative estimate of drug-likeness (QED) is 0.725. The molecular formula is C18H21FO. The first kappa shape index (κ1) is 12.4. The highest BCUT2D eigenvalue weighted by atomic mass is 19.1. The number of aromatic hydroxyl groups is 1. The smallest absolute Gasteiger partial charge is 0.115 e. The minimum Gasteiger partial charge on any atom is -0.508 e. The normalized spacial score (nSPS) is 38.7. The number of aryl methyl sites for hydroxylation is 1. The van der Waals surface area contributed by atoms with Gasteiger partial charge in [0.25, 0.3) is 0 Å². The Bertz CT molecular complexity index is 591. The lowest BCUT2D eigenvalue weighted by Crippen LogP contribution is -2.40. The van der Waals surface area contributed by atoms with Gasteiger partial charge in [0.2, 0.25) is 0 Å². The average Bonchev–Trinajstić information content (AvgIpc) is 2.74. The summed E-state index contributed by atoms with van der Waals surface area (Å²) in [5, 5.41) is 9.65. The Balaban J connectivity index is 1.72. The van der Waals surface area contributed by atoms with E-state index in [2.05, 4.69) is 13.0 Å². The molecule has 4 atom stereocenters. The zero-order valence-corrected chi connectivity index (χ0v) is 11.9. The number of hydrogen-bond donors (Lipinski definition) is 1. The third kappa shape index (κ3) is 1.54. The minimum atomic E-state index is -0.199. The van der Waals surface area contributed by atoms with Crippen LogP contribution in [0.4, 0.5) is 4.39 Å². The molecule has 0 spiro atoms. The largest absolute Gasteiger partial charge is 0.508 e. The fourth-order valence-electron chi connectivity index (χ4n) is 5.08. The van der Waals surface area contributed by atoms with E-state index in [-0.39, 0.29) is 11.2 Å². The van der Waals surface area contributed by atoms with Crippen molar-refractivity contribution >= 4 is 0 Å². The summed E-state index contributed by atoms with van der Waals surface area (Å²) >= 11 is 0. The van der Waals surface area contributed by atoms with Crippen molar-refractivity contribution in [2.45, 2.75) is 44.9 Å². The Morgan fingerprint density at radius 3 is 3.00 bits per heavy atom. The summed E-state index contributed by atoms with van der Waals surface area (Å²) in [7, 11) is 0. The molecule has 0 radical (unpaired) electrons. The van der Waals surface area contributed by atoms with Gasteiger partial charge in [0.1, 0.15) is 11.6 Å². The molecule has 3 aliphatic carbocycles. The van der Waals surface area contributed by atoms with Crippen molar-refractivity contribution in [3.05, 3.63) is 41.2 Å². The van der Waals surface area contributed by atoms with Crippen molar-refractivity contribution in [3.63, 3.8) is 0 Å². The van der Waals surface area contributed by atoms with Gasteiger partial charge in [-0.15, -0.1) is 0 Å². The van der Waals surface area contributed by atoms with E-state index in [0.717, 1.165) is 32.1 Å². The van der Waals surface area contributed by atoms with Gasteiger partial charge in [-0.2, -0.15) is 0 Å². The second-order valence-electron chi connectivity index (χ2n) is 7.04. The van der Waals surface area contributed by atoms with Crippen LogP contribution in [-0.2, 0) is 6.42 Å². The Kier molecular flexibility index (Phi) is 2.55. The fourth-order valence-corrected chi connectivity index (χ4v) is 5.08. The van der Waals surface area contributed by atoms with Crippen LogP contribution in [0.15, 0.2) is 30.1 Å². The molecule has 20 heavy (non-hydrogen) atoms. The summed E-state index contributed by atoms with van der Waals surface area (Å²) in [5.74, 6) is 2.16. The molecular weight excluding hydrogens is 251 g/mol. The number of phenolic OH excluding ortho intramolecular Hbond substituents is 1. The topological polar surface area (TPSA) is 20.2 Å². The van der Waals surface area contributed by atoms with Crippen LogP contribution in [0.25, 0.3) is 0 Å². The maximum atomic E-state index is 14.2. The summed E-state index contributed by atoms with van der Waals surface area (Å²) in [5.41, 5.74) is 2.52. The Labute approximate surface area is 119 Å². The van der Waals surface area contributed by atoms with Gasteiger partial charge in [-0.3, -0.25) is 0 Å². The van der Waals surface area contributed by atoms with E-state index in [1.54, 1.807) is 0 Å². The Hall–Kier alpha value is -1.31. The van der Waals surface area contributed by atoms with Gasteiger partial charge >= 0.3 is 0 Å². The number of phenols is 1. The lowest BCUT2D eigenvalue weighted by Gasteiger charge is -2.49. The maximum absolute atomic E-state index is 14.2. The monoisotopic (exact) mass is 272 g/mol. The SMILES string of the molecule is CC12CCC3c4ccc(O)cc4CCC3C1CC=C2F. The maximum Gasteiger partial charge on any atom is 0.115 e. The second-order valence-corrected chi connectivity index (χ2v) is 7.04. The van der Waals surface area contributed by atoms with E-state index in [0.29, 0.717) is 23.5 Å². The number of rotatable bonds is 0. The molecule has 1 saturated carbocycles. The lowest BCUT2D eigenvalue weighted by molar-refractivity contribution is 0.0610. The summed E-state index contributed by atoms with van der Waals surface area (Å²) < 4.78 is 14.2. The molecule has 1 N–H and O–H groups in total. The van der Waals surface area contributed by atoms with Gasteiger partial charge in [0.05, 0.1) is 0 Å². The van der Waals surface area contributed by atoms with Crippen LogP contribution in [-0.4, -0.2) is 5.11 Å². The van der Waals surface area contributed by atoms with Gasteiger partial charge in [0.15, 0.2) is 0 Å². The summed E-state index contributed by atoms with van der Waals surface area (Å²) in [4.78, 5) is 0. The van der Waals surface area contributed by atoms with Crippen LogP contribution in [0.3, 0.4) is 0 Å². The molecule has 4 unspecified atom stereocenters. The molecule has 1 aromatic rings. The van der Waals surface area contributed by atoms with Gasteiger partial charge in [-0.1, -0.05) is 19.1 Å². The highest BCUT2D eigenvalue weighted by Crippen LogP contribution is 2.61. The number of allylic oxidation sites excluding steroid dienone is 2. The van der Waals surface area contributed by atoms with Crippen LogP contribution in [0.5, 0.6) is 5.75 Å². The van der Waals surface area contributed by atoms with Gasteiger partial charge in [0, 0.05) is 5.41 Å². The van der Waals surface area contributed by atoms with Gasteiger partial charge in [-0.05, 0) is 73.1 Å². The van der Waals surface area contributed by atoms with Crippen molar-refractivity contribution in [1.82, 2.24) is 0 Å². The highest BCUT2D eigenvalue weighted by molar-refractivity contribution is 5.40. The molecule has 1 nitrogen and oxygen atoms in total. The predicted molar refractivity (Wildman–Crippen MR) is 77.3 cm³/mol. The van der Waals surface area contributed by atoms with Crippen molar-refractivity contribution in [2.24, 2.45) is 17.3 Å². The van der Waals surface area contributed by atoms with Crippen molar-refractivity contribution in [3.8, 4) is 5.75 Å². The second kappa shape index (κ2) is 4.09.